The van der Waals surface area contributed by atoms with Gasteiger partial charge in [-0.25, -0.2) is 4.98 Å². The second-order valence-corrected chi connectivity index (χ2v) is 8.77. The van der Waals surface area contributed by atoms with E-state index in [2.05, 4.69) is 10.9 Å². The number of benzene rings is 1. The van der Waals surface area contributed by atoms with E-state index in [4.69, 9.17) is 20.9 Å². The predicted molar refractivity (Wildman–Crippen MR) is 128 cm³/mol. The van der Waals surface area contributed by atoms with E-state index < -0.39 is 8.38 Å². The molecule has 1 heterocycles. The van der Waals surface area contributed by atoms with Crippen LogP contribution >= 0.6 is 8.38 Å². The number of aromatic nitrogens is 2. The number of methoxy groups -OCH3 is 1. The molecular weight excluding hydrogens is 443 g/mol. The summed E-state index contributed by atoms with van der Waals surface area (Å²) in [6, 6.07) is 7.74. The first-order chi connectivity index (χ1) is 15.8. The summed E-state index contributed by atoms with van der Waals surface area (Å²) >= 11 is 0. The zero-order valence-corrected chi connectivity index (χ0v) is 20.2. The van der Waals surface area contributed by atoms with E-state index in [1.165, 1.54) is 9.80 Å². The molecule has 0 fully saturated rings. The number of unbranched alkanes of at least 4 members (excludes halogenated alkanes) is 1. The number of amides is 2. The van der Waals surface area contributed by atoms with Crippen LogP contribution in [0.2, 0.25) is 0 Å². The molecule has 9 nitrogen and oxygen atoms in total. The van der Waals surface area contributed by atoms with Crippen LogP contribution in [0.4, 0.5) is 5.82 Å². The molecule has 0 saturated carbocycles. The monoisotopic (exact) mass is 474 g/mol. The minimum absolute atomic E-state index is 0.125. The summed E-state index contributed by atoms with van der Waals surface area (Å²) in [5, 5.41) is 0. The maximum atomic E-state index is 13.1. The van der Waals surface area contributed by atoms with E-state index in [1.54, 1.807) is 25.8 Å². The van der Waals surface area contributed by atoms with Gasteiger partial charge in [-0.3, -0.25) is 14.5 Å². The SMILES string of the molecule is C#CCN(C)C(=O)c1c(N(C=O)CCCCP(O)O)nc(CCc2cccc(OC)c2)n1C. The van der Waals surface area contributed by atoms with Gasteiger partial charge in [-0.05, 0) is 37.0 Å². The van der Waals surface area contributed by atoms with Gasteiger partial charge < -0.3 is 24.0 Å². The number of hydrogen-bond acceptors (Lipinski definition) is 6. The quantitative estimate of drug-likeness (QED) is 0.199. The van der Waals surface area contributed by atoms with Crippen molar-refractivity contribution in [3.8, 4) is 18.1 Å². The van der Waals surface area contributed by atoms with Crippen LogP contribution in [-0.4, -0.2) is 70.0 Å². The van der Waals surface area contributed by atoms with Gasteiger partial charge >= 0.3 is 0 Å². The fraction of sp³-hybridized carbons (Fsp3) is 0.435. The highest BCUT2D eigenvalue weighted by Gasteiger charge is 2.27. The van der Waals surface area contributed by atoms with Gasteiger partial charge in [0, 0.05) is 33.2 Å². The Balaban J connectivity index is 2.32. The Kier molecular flexibility index (Phi) is 10.3. The van der Waals surface area contributed by atoms with Crippen molar-refractivity contribution in [3.05, 3.63) is 41.3 Å². The average molecular weight is 474 g/mol. The van der Waals surface area contributed by atoms with Crippen LogP contribution in [-0.2, 0) is 24.7 Å². The van der Waals surface area contributed by atoms with Gasteiger partial charge in [0.05, 0.1) is 13.7 Å². The Morgan fingerprint density at radius 3 is 2.73 bits per heavy atom. The number of hydrogen-bond donors (Lipinski definition) is 2. The number of terminal acetylenes is 1. The maximum Gasteiger partial charge on any atom is 0.274 e. The van der Waals surface area contributed by atoms with Gasteiger partial charge in [-0.15, -0.1) is 6.42 Å². The largest absolute Gasteiger partial charge is 0.497 e. The number of aryl methyl sites for hydroxylation is 2. The summed E-state index contributed by atoms with van der Waals surface area (Å²) < 4.78 is 6.99. The molecule has 0 atom stereocenters. The normalized spacial score (nSPS) is 10.7. The smallest absolute Gasteiger partial charge is 0.274 e. The standard InChI is InChI=1S/C23H31N4O5P/c1-5-13-25(2)23(29)21-22(27(17-28)14-6-7-15-33(30)31)24-20(26(21)3)12-11-18-9-8-10-19(16-18)32-4/h1,8-10,16-17,30-31H,6-7,11-15H2,2-4H3. The lowest BCUT2D eigenvalue weighted by Crippen LogP contribution is -2.32. The van der Waals surface area contributed by atoms with E-state index in [0.717, 1.165) is 11.3 Å². The number of carbonyl (C=O) groups is 2. The number of nitrogens with zero attached hydrogens (tertiary/aromatic N) is 4. The third-order valence-corrected chi connectivity index (χ3v) is 5.94. The van der Waals surface area contributed by atoms with Crippen LogP contribution in [0.1, 0.15) is 34.7 Å². The van der Waals surface area contributed by atoms with Crippen molar-refractivity contribution in [3.63, 3.8) is 0 Å². The first kappa shape index (κ1) is 26.3. The van der Waals surface area contributed by atoms with Gasteiger partial charge in [-0.1, -0.05) is 18.1 Å². The van der Waals surface area contributed by atoms with Crippen LogP contribution < -0.4 is 9.64 Å². The van der Waals surface area contributed by atoms with E-state index in [1.807, 2.05) is 24.3 Å². The summed E-state index contributed by atoms with van der Waals surface area (Å²) in [5.74, 6) is 3.82. The van der Waals surface area contributed by atoms with Gasteiger partial charge in [0.2, 0.25) is 6.41 Å². The van der Waals surface area contributed by atoms with E-state index in [-0.39, 0.29) is 30.1 Å². The van der Waals surface area contributed by atoms with Crippen molar-refractivity contribution in [2.75, 3.05) is 38.3 Å². The minimum Gasteiger partial charge on any atom is -0.497 e. The zero-order chi connectivity index (χ0) is 24.4. The highest BCUT2D eigenvalue weighted by Crippen LogP contribution is 2.26. The fourth-order valence-electron chi connectivity index (χ4n) is 3.41. The van der Waals surface area contributed by atoms with E-state index >= 15 is 0 Å². The number of ether oxygens (including phenoxy) is 1. The Hall–Kier alpha value is -2.92. The molecule has 0 radical (unpaired) electrons. The van der Waals surface area contributed by atoms with Crippen LogP contribution in [0, 0.1) is 12.3 Å². The van der Waals surface area contributed by atoms with E-state index in [9.17, 15) is 9.59 Å². The van der Waals surface area contributed by atoms with Gasteiger partial charge in [0.25, 0.3) is 5.91 Å². The molecule has 0 spiro atoms. The van der Waals surface area contributed by atoms with E-state index in [0.29, 0.717) is 44.5 Å². The summed E-state index contributed by atoms with van der Waals surface area (Å²) in [4.78, 5) is 50.6. The third kappa shape index (κ3) is 7.29. The number of carbonyl (C=O) groups excluding carboxylic acids is 2. The first-order valence-electron chi connectivity index (χ1n) is 10.6. The molecule has 2 rings (SSSR count). The molecule has 0 saturated heterocycles. The topological polar surface area (TPSA) is 108 Å². The maximum absolute atomic E-state index is 13.1. The predicted octanol–water partition coefficient (Wildman–Crippen LogP) is 1.96. The minimum atomic E-state index is -1.97. The van der Waals surface area contributed by atoms with Crippen molar-refractivity contribution in [1.29, 1.82) is 0 Å². The third-order valence-electron chi connectivity index (χ3n) is 5.22. The molecule has 0 aliphatic heterocycles. The van der Waals surface area contributed by atoms with Gasteiger partial charge in [0.1, 0.15) is 11.6 Å². The summed E-state index contributed by atoms with van der Waals surface area (Å²) in [7, 11) is 3.00. The fourth-order valence-corrected chi connectivity index (χ4v) is 3.92. The number of rotatable bonds is 13. The summed E-state index contributed by atoms with van der Waals surface area (Å²) in [6.07, 6.45) is 8.60. The molecule has 0 aliphatic rings. The van der Waals surface area contributed by atoms with Crippen LogP contribution in [0.15, 0.2) is 24.3 Å². The van der Waals surface area contributed by atoms with Crippen LogP contribution in [0.5, 0.6) is 5.75 Å². The molecule has 1 aromatic heterocycles. The molecule has 2 aromatic rings. The van der Waals surface area contributed by atoms with Gasteiger partial charge in [0.15, 0.2) is 19.9 Å². The Bertz CT molecular complexity index is 986. The van der Waals surface area contributed by atoms with Crippen molar-refractivity contribution < 1.29 is 24.1 Å². The molecule has 2 amide bonds. The molecule has 0 bridgehead atoms. The lowest BCUT2D eigenvalue weighted by Gasteiger charge is -2.19. The lowest BCUT2D eigenvalue weighted by molar-refractivity contribution is -0.107. The molecule has 2 N–H and O–H groups in total. The lowest BCUT2D eigenvalue weighted by atomic mass is 10.1. The zero-order valence-electron chi connectivity index (χ0n) is 19.3. The summed E-state index contributed by atoms with van der Waals surface area (Å²) in [6.45, 7) is 0.429. The molecule has 10 heteroatoms. The second-order valence-electron chi connectivity index (χ2n) is 7.58. The van der Waals surface area contributed by atoms with Crippen molar-refractivity contribution in [2.24, 2.45) is 7.05 Å². The molecule has 1 aromatic carbocycles. The second kappa shape index (κ2) is 12.9. The molecule has 0 aliphatic carbocycles. The Morgan fingerprint density at radius 2 is 2.09 bits per heavy atom. The summed E-state index contributed by atoms with van der Waals surface area (Å²) in [5.41, 5.74) is 1.35. The molecule has 0 unspecified atom stereocenters. The Labute approximate surface area is 195 Å². The van der Waals surface area contributed by atoms with Crippen LogP contribution in [0.25, 0.3) is 0 Å². The molecular formula is C23H31N4O5P. The van der Waals surface area contributed by atoms with Crippen molar-refractivity contribution in [2.45, 2.75) is 25.7 Å². The molecule has 178 valence electrons. The highest BCUT2D eigenvalue weighted by molar-refractivity contribution is 7.45. The Morgan fingerprint density at radius 1 is 1.33 bits per heavy atom. The van der Waals surface area contributed by atoms with Crippen LogP contribution in [0.3, 0.4) is 0 Å². The van der Waals surface area contributed by atoms with Crippen molar-refractivity contribution in [1.82, 2.24) is 14.5 Å². The molecule has 33 heavy (non-hydrogen) atoms. The number of imidazole rings is 1. The van der Waals surface area contributed by atoms with Crippen molar-refractivity contribution >= 4 is 26.5 Å². The van der Waals surface area contributed by atoms with Gasteiger partial charge in [-0.2, -0.15) is 0 Å². The number of anilines is 1. The highest BCUT2D eigenvalue weighted by atomic mass is 31.2. The average Bonchev–Trinajstić information content (AvgIpc) is 3.13. The first-order valence-corrected chi connectivity index (χ1v) is 12.0.